The Bertz CT molecular complexity index is 1220. The first-order chi connectivity index (χ1) is 14.1. The topological polar surface area (TPSA) is 78.6 Å². The molecule has 146 valence electrons. The quantitative estimate of drug-likeness (QED) is 0.350. The van der Waals surface area contributed by atoms with Crippen molar-refractivity contribution in [2.45, 2.75) is 6.61 Å². The smallest absolute Gasteiger partial charge is 0.344 e. The number of aromatic nitrogens is 1. The van der Waals surface area contributed by atoms with E-state index in [1.165, 1.54) is 29.5 Å². The van der Waals surface area contributed by atoms with Gasteiger partial charge in [0, 0.05) is 28.5 Å². The molecule has 0 aliphatic heterocycles. The van der Waals surface area contributed by atoms with Crippen LogP contribution in [0, 0.1) is 5.82 Å². The van der Waals surface area contributed by atoms with Crippen molar-refractivity contribution < 1.29 is 23.1 Å². The number of hydrogen-bond acceptors (Lipinski definition) is 7. The fourth-order valence-corrected chi connectivity index (χ4v) is 3.38. The molecule has 4 rings (SSSR count). The largest absolute Gasteiger partial charge is 0.482 e. The first kappa shape index (κ1) is 18.8. The Morgan fingerprint density at radius 2 is 1.90 bits per heavy atom. The molecular formula is C21H14FNO5S. The highest BCUT2D eigenvalue weighted by Crippen LogP contribution is 2.24. The summed E-state index contributed by atoms with van der Waals surface area (Å²) >= 11 is 1.38. The highest BCUT2D eigenvalue weighted by atomic mass is 32.1. The van der Waals surface area contributed by atoms with Crippen molar-refractivity contribution in [3.63, 3.8) is 0 Å². The van der Waals surface area contributed by atoms with Gasteiger partial charge in [-0.3, -0.25) is 0 Å². The Morgan fingerprint density at radius 1 is 1.10 bits per heavy atom. The van der Waals surface area contributed by atoms with Crippen molar-refractivity contribution >= 4 is 28.3 Å². The number of rotatable bonds is 6. The van der Waals surface area contributed by atoms with Crippen molar-refractivity contribution in [1.29, 1.82) is 0 Å². The van der Waals surface area contributed by atoms with E-state index < -0.39 is 11.6 Å². The van der Waals surface area contributed by atoms with Crippen LogP contribution in [0.25, 0.3) is 21.5 Å². The number of esters is 1. The van der Waals surface area contributed by atoms with E-state index in [1.807, 2.05) is 0 Å². The highest BCUT2D eigenvalue weighted by molar-refractivity contribution is 7.13. The van der Waals surface area contributed by atoms with E-state index in [1.54, 1.807) is 41.8 Å². The van der Waals surface area contributed by atoms with Crippen LogP contribution in [0.4, 0.5) is 4.39 Å². The molecule has 29 heavy (non-hydrogen) atoms. The van der Waals surface area contributed by atoms with Crippen LogP contribution in [-0.2, 0) is 16.1 Å². The number of hydrogen-bond donors (Lipinski definition) is 0. The van der Waals surface area contributed by atoms with Crippen molar-refractivity contribution in [2.75, 3.05) is 6.61 Å². The third-order valence-electron chi connectivity index (χ3n) is 3.98. The molecule has 8 heteroatoms. The molecule has 0 spiro atoms. The molecule has 0 saturated carbocycles. The van der Waals surface area contributed by atoms with E-state index in [0.717, 1.165) is 10.9 Å². The average molecular weight is 411 g/mol. The van der Waals surface area contributed by atoms with Gasteiger partial charge in [0.05, 0.1) is 5.69 Å². The molecule has 0 fully saturated rings. The van der Waals surface area contributed by atoms with Crippen LogP contribution in [0.3, 0.4) is 0 Å². The maximum atomic E-state index is 13.0. The predicted molar refractivity (Wildman–Crippen MR) is 105 cm³/mol. The van der Waals surface area contributed by atoms with Gasteiger partial charge in [-0.2, -0.15) is 0 Å². The van der Waals surface area contributed by atoms with Gasteiger partial charge in [0.15, 0.2) is 6.61 Å². The summed E-state index contributed by atoms with van der Waals surface area (Å²) in [5, 5.41) is 3.24. The zero-order valence-electron chi connectivity index (χ0n) is 15.0. The molecule has 0 aliphatic rings. The average Bonchev–Trinajstić information content (AvgIpc) is 3.20. The van der Waals surface area contributed by atoms with Crippen molar-refractivity contribution in [3.8, 4) is 16.3 Å². The zero-order chi connectivity index (χ0) is 20.2. The van der Waals surface area contributed by atoms with Crippen molar-refractivity contribution in [3.05, 3.63) is 81.9 Å². The minimum Gasteiger partial charge on any atom is -0.482 e. The number of fused-ring (bicyclic) bond motifs is 1. The first-order valence-corrected chi connectivity index (χ1v) is 9.47. The molecule has 0 unspecified atom stereocenters. The molecule has 0 radical (unpaired) electrons. The number of nitrogens with zero attached hydrogens (tertiary/aromatic N) is 1. The summed E-state index contributed by atoms with van der Waals surface area (Å²) in [5.74, 6) is -0.486. The predicted octanol–water partition coefficient (Wildman–Crippen LogP) is 4.18. The third-order valence-corrected chi connectivity index (χ3v) is 4.92. The molecule has 0 amide bonds. The summed E-state index contributed by atoms with van der Waals surface area (Å²) in [6.45, 7) is -0.288. The van der Waals surface area contributed by atoms with E-state index in [4.69, 9.17) is 13.9 Å². The van der Waals surface area contributed by atoms with Gasteiger partial charge in [0.2, 0.25) is 0 Å². The SMILES string of the molecule is O=C(COc1ccc2ccc(=O)oc2c1)OCc1csc(-c2ccc(F)cc2)n1. The molecular weight excluding hydrogens is 397 g/mol. The third kappa shape index (κ3) is 4.67. The fourth-order valence-electron chi connectivity index (χ4n) is 2.57. The second-order valence-electron chi connectivity index (χ2n) is 6.05. The van der Waals surface area contributed by atoms with E-state index in [0.29, 0.717) is 22.0 Å². The lowest BCUT2D eigenvalue weighted by atomic mass is 10.2. The minimum absolute atomic E-state index is 0.00643. The Morgan fingerprint density at radius 3 is 2.72 bits per heavy atom. The number of ether oxygens (including phenoxy) is 2. The molecule has 0 atom stereocenters. The summed E-state index contributed by atoms with van der Waals surface area (Å²) in [6, 6.07) is 13.9. The lowest BCUT2D eigenvalue weighted by Crippen LogP contribution is -2.14. The van der Waals surface area contributed by atoms with Gasteiger partial charge in [-0.25, -0.2) is 19.0 Å². The maximum absolute atomic E-state index is 13.0. The van der Waals surface area contributed by atoms with Crippen LogP contribution >= 0.6 is 11.3 Å². The van der Waals surface area contributed by atoms with E-state index >= 15 is 0 Å². The summed E-state index contributed by atoms with van der Waals surface area (Å²) in [6.07, 6.45) is 0. The molecule has 0 aliphatic carbocycles. The highest BCUT2D eigenvalue weighted by Gasteiger charge is 2.10. The van der Waals surface area contributed by atoms with Gasteiger partial charge in [-0.05, 0) is 42.5 Å². The van der Waals surface area contributed by atoms with Gasteiger partial charge in [0.1, 0.15) is 28.8 Å². The summed E-state index contributed by atoms with van der Waals surface area (Å²) < 4.78 is 28.7. The summed E-state index contributed by atoms with van der Waals surface area (Å²) in [5.41, 5.74) is 1.30. The molecule has 0 saturated heterocycles. The van der Waals surface area contributed by atoms with Crippen molar-refractivity contribution in [2.24, 2.45) is 0 Å². The molecule has 0 N–H and O–H groups in total. The molecule has 4 aromatic rings. The summed E-state index contributed by atoms with van der Waals surface area (Å²) in [4.78, 5) is 27.6. The lowest BCUT2D eigenvalue weighted by molar-refractivity contribution is -0.147. The van der Waals surface area contributed by atoms with Gasteiger partial charge < -0.3 is 13.9 Å². The first-order valence-electron chi connectivity index (χ1n) is 8.59. The molecule has 2 aromatic heterocycles. The Hall–Kier alpha value is -3.52. The van der Waals surface area contributed by atoms with E-state index in [2.05, 4.69) is 4.98 Å². The van der Waals surface area contributed by atoms with Crippen LogP contribution < -0.4 is 10.4 Å². The molecule has 0 bridgehead atoms. The Kier molecular flexibility index (Phi) is 5.35. The second kappa shape index (κ2) is 8.24. The van der Waals surface area contributed by atoms with Crippen LogP contribution in [0.5, 0.6) is 5.75 Å². The zero-order valence-corrected chi connectivity index (χ0v) is 15.8. The standard InChI is InChI=1S/C21H14FNO5S/c22-15-5-1-14(2-6-15)21-23-16(12-29-21)10-27-20(25)11-26-17-7-3-13-4-8-19(24)28-18(13)9-17/h1-9,12H,10-11H2. The minimum atomic E-state index is -0.559. The van der Waals surface area contributed by atoms with Gasteiger partial charge in [0.25, 0.3) is 0 Å². The van der Waals surface area contributed by atoms with Crippen LogP contribution in [0.1, 0.15) is 5.69 Å². The van der Waals surface area contributed by atoms with Gasteiger partial charge in [-0.15, -0.1) is 11.3 Å². The van der Waals surface area contributed by atoms with E-state index in [-0.39, 0.29) is 19.0 Å². The monoisotopic (exact) mass is 411 g/mol. The second-order valence-corrected chi connectivity index (χ2v) is 6.91. The molecule has 2 heterocycles. The number of carbonyl (C=O) groups excluding carboxylic acids is 1. The fraction of sp³-hybridized carbons (Fsp3) is 0.0952. The lowest BCUT2D eigenvalue weighted by Gasteiger charge is -2.06. The number of halogens is 1. The van der Waals surface area contributed by atoms with Crippen LogP contribution in [0.15, 0.2) is 69.2 Å². The molecule has 6 nitrogen and oxygen atoms in total. The summed E-state index contributed by atoms with van der Waals surface area (Å²) in [7, 11) is 0. The van der Waals surface area contributed by atoms with Crippen molar-refractivity contribution in [1.82, 2.24) is 4.98 Å². The maximum Gasteiger partial charge on any atom is 0.344 e. The van der Waals surface area contributed by atoms with Crippen LogP contribution in [-0.4, -0.2) is 17.6 Å². The normalized spacial score (nSPS) is 10.8. The van der Waals surface area contributed by atoms with Crippen LogP contribution in [0.2, 0.25) is 0 Å². The molecule has 2 aromatic carbocycles. The van der Waals surface area contributed by atoms with Gasteiger partial charge in [-0.1, -0.05) is 0 Å². The number of carbonyl (C=O) groups is 1. The Balaban J connectivity index is 1.31. The number of benzene rings is 2. The van der Waals surface area contributed by atoms with E-state index in [9.17, 15) is 14.0 Å². The van der Waals surface area contributed by atoms with Gasteiger partial charge >= 0.3 is 11.6 Å². The Labute approximate surface area is 168 Å². The number of thiazole rings is 1.